The third-order valence-electron chi connectivity index (χ3n) is 4.20. The van der Waals surface area contributed by atoms with E-state index in [-0.39, 0.29) is 17.9 Å². The average molecular weight is 311 g/mol. The maximum atomic E-state index is 12.0. The fourth-order valence-corrected chi connectivity index (χ4v) is 2.44. The molecule has 2 N–H and O–H groups in total. The van der Waals surface area contributed by atoms with Gasteiger partial charge in [0, 0.05) is 51.2 Å². The molecule has 1 atom stereocenters. The largest absolute Gasteiger partial charge is 0.355 e. The van der Waals surface area contributed by atoms with Gasteiger partial charge in [0.05, 0.1) is 0 Å². The topological polar surface area (TPSA) is 60.0 Å². The van der Waals surface area contributed by atoms with E-state index in [2.05, 4.69) is 41.4 Å². The van der Waals surface area contributed by atoms with Crippen molar-refractivity contribution in [3.63, 3.8) is 0 Å². The number of hydrogen-bond donors (Lipinski definition) is 2. The molecule has 0 aromatic heterocycles. The monoisotopic (exact) mass is 311 g/mol. The van der Waals surface area contributed by atoms with E-state index in [0.717, 1.165) is 38.6 Å². The Morgan fingerprint density at radius 2 is 2.05 bits per heavy atom. The Morgan fingerprint density at radius 3 is 2.59 bits per heavy atom. The molecule has 1 amide bonds. The van der Waals surface area contributed by atoms with Crippen LogP contribution < -0.4 is 10.6 Å². The number of aliphatic imine (C=N–C) groups is 1. The summed E-state index contributed by atoms with van der Waals surface area (Å²) < 4.78 is 0. The second-order valence-electron chi connectivity index (χ2n) is 6.64. The molecule has 1 aliphatic rings. The molecule has 1 aliphatic heterocycles. The first-order valence-electron chi connectivity index (χ1n) is 8.31. The highest BCUT2D eigenvalue weighted by molar-refractivity contribution is 5.81. The minimum absolute atomic E-state index is 0.0720. The third kappa shape index (κ3) is 5.83. The summed E-state index contributed by atoms with van der Waals surface area (Å²) in [6.07, 6.45) is 0.977. The molecule has 0 aliphatic carbocycles. The molecule has 128 valence electrons. The first-order chi connectivity index (χ1) is 10.3. The highest BCUT2D eigenvalue weighted by Crippen LogP contribution is 2.12. The van der Waals surface area contributed by atoms with E-state index in [9.17, 15) is 4.79 Å². The lowest BCUT2D eigenvalue weighted by Gasteiger charge is -2.23. The van der Waals surface area contributed by atoms with Crippen molar-refractivity contribution in [2.24, 2.45) is 10.9 Å². The number of guanidine groups is 1. The lowest BCUT2D eigenvalue weighted by atomic mass is 10.2. The van der Waals surface area contributed by atoms with Crippen molar-refractivity contribution in [2.75, 3.05) is 40.3 Å². The Balaban J connectivity index is 2.34. The van der Waals surface area contributed by atoms with Crippen LogP contribution in [-0.4, -0.2) is 74.0 Å². The molecule has 0 saturated carbocycles. The van der Waals surface area contributed by atoms with Crippen LogP contribution in [0.5, 0.6) is 0 Å². The summed E-state index contributed by atoms with van der Waals surface area (Å²) in [5.74, 6) is 1.13. The van der Waals surface area contributed by atoms with Crippen molar-refractivity contribution in [3.8, 4) is 0 Å². The molecule has 1 heterocycles. The second kappa shape index (κ2) is 8.98. The number of carbonyl (C=O) groups is 1. The minimum atomic E-state index is 0.0720. The predicted octanol–water partition coefficient (Wildman–Crippen LogP) is 0.749. The standard InChI is InChI=1S/C16H33N5O/c1-12(2)15(22)21-9-7-14(11-21)19-16(17-5)18-8-10-20(6)13(3)4/h12-14H,7-11H2,1-6H3,(H2,17,18,19). The molecular weight excluding hydrogens is 278 g/mol. The Labute approximate surface area is 135 Å². The van der Waals surface area contributed by atoms with Crippen LogP contribution >= 0.6 is 0 Å². The smallest absolute Gasteiger partial charge is 0.225 e. The Morgan fingerprint density at radius 1 is 1.36 bits per heavy atom. The molecule has 6 nitrogen and oxygen atoms in total. The number of rotatable bonds is 6. The summed E-state index contributed by atoms with van der Waals surface area (Å²) >= 11 is 0. The number of likely N-dealkylation sites (tertiary alicyclic amines) is 1. The zero-order valence-electron chi connectivity index (χ0n) is 15.0. The fourth-order valence-electron chi connectivity index (χ4n) is 2.44. The molecule has 1 saturated heterocycles. The van der Waals surface area contributed by atoms with E-state index in [0.29, 0.717) is 6.04 Å². The molecule has 0 aromatic carbocycles. The third-order valence-corrected chi connectivity index (χ3v) is 4.20. The lowest BCUT2D eigenvalue weighted by Crippen LogP contribution is -2.47. The van der Waals surface area contributed by atoms with Gasteiger partial charge in [0.25, 0.3) is 0 Å². The molecule has 0 spiro atoms. The van der Waals surface area contributed by atoms with Gasteiger partial charge in [-0.15, -0.1) is 0 Å². The second-order valence-corrected chi connectivity index (χ2v) is 6.64. The Bertz CT molecular complexity index is 381. The zero-order chi connectivity index (χ0) is 16.7. The number of amides is 1. The number of nitrogens with zero attached hydrogens (tertiary/aromatic N) is 3. The average Bonchev–Trinajstić information content (AvgIpc) is 2.93. The van der Waals surface area contributed by atoms with Crippen LogP contribution in [0.4, 0.5) is 0 Å². The van der Waals surface area contributed by atoms with Gasteiger partial charge in [-0.2, -0.15) is 0 Å². The minimum Gasteiger partial charge on any atom is -0.355 e. The van der Waals surface area contributed by atoms with Gasteiger partial charge >= 0.3 is 0 Å². The first-order valence-corrected chi connectivity index (χ1v) is 8.31. The molecule has 0 aromatic rings. The molecule has 1 rings (SSSR count). The molecule has 0 bridgehead atoms. The van der Waals surface area contributed by atoms with E-state index in [4.69, 9.17) is 0 Å². The molecule has 0 radical (unpaired) electrons. The Hall–Kier alpha value is -1.30. The number of carbonyl (C=O) groups excluding carboxylic acids is 1. The van der Waals surface area contributed by atoms with Gasteiger partial charge in [-0.1, -0.05) is 13.8 Å². The summed E-state index contributed by atoms with van der Waals surface area (Å²) in [7, 11) is 3.91. The number of likely N-dealkylation sites (N-methyl/N-ethyl adjacent to an activating group) is 1. The van der Waals surface area contributed by atoms with Gasteiger partial charge in [-0.3, -0.25) is 9.79 Å². The maximum absolute atomic E-state index is 12.0. The van der Waals surface area contributed by atoms with Crippen LogP contribution in [0.15, 0.2) is 4.99 Å². The van der Waals surface area contributed by atoms with Crippen molar-refractivity contribution in [1.29, 1.82) is 0 Å². The van der Waals surface area contributed by atoms with Crippen LogP contribution in [0, 0.1) is 5.92 Å². The quantitative estimate of drug-likeness (QED) is 0.561. The van der Waals surface area contributed by atoms with E-state index >= 15 is 0 Å². The lowest BCUT2D eigenvalue weighted by molar-refractivity contribution is -0.133. The first kappa shape index (κ1) is 18.7. The van der Waals surface area contributed by atoms with Crippen LogP contribution in [0.1, 0.15) is 34.1 Å². The normalized spacial score (nSPS) is 19.4. The molecule has 22 heavy (non-hydrogen) atoms. The van der Waals surface area contributed by atoms with E-state index in [1.54, 1.807) is 7.05 Å². The van der Waals surface area contributed by atoms with Crippen LogP contribution in [-0.2, 0) is 4.79 Å². The SMILES string of the molecule is CN=C(NCCN(C)C(C)C)NC1CCN(C(=O)C(C)C)C1. The van der Waals surface area contributed by atoms with Gasteiger partial charge in [0.1, 0.15) is 0 Å². The molecule has 1 fully saturated rings. The Kier molecular flexibility index (Phi) is 7.65. The fraction of sp³-hybridized carbons (Fsp3) is 0.875. The van der Waals surface area contributed by atoms with E-state index in [1.807, 2.05) is 18.7 Å². The number of nitrogens with one attached hydrogen (secondary N) is 2. The molecular formula is C16H33N5O. The van der Waals surface area contributed by atoms with Crippen molar-refractivity contribution in [2.45, 2.75) is 46.2 Å². The molecule has 1 unspecified atom stereocenters. The maximum Gasteiger partial charge on any atom is 0.225 e. The number of hydrogen-bond acceptors (Lipinski definition) is 3. The summed E-state index contributed by atoms with van der Waals surface area (Å²) in [6.45, 7) is 11.7. The molecule has 6 heteroatoms. The summed E-state index contributed by atoms with van der Waals surface area (Å²) in [4.78, 5) is 20.5. The van der Waals surface area contributed by atoms with E-state index < -0.39 is 0 Å². The van der Waals surface area contributed by atoms with Crippen LogP contribution in [0.25, 0.3) is 0 Å². The van der Waals surface area contributed by atoms with Crippen molar-refractivity contribution in [3.05, 3.63) is 0 Å². The predicted molar refractivity (Wildman–Crippen MR) is 92.1 cm³/mol. The van der Waals surface area contributed by atoms with Crippen LogP contribution in [0.2, 0.25) is 0 Å². The van der Waals surface area contributed by atoms with E-state index in [1.165, 1.54) is 0 Å². The van der Waals surface area contributed by atoms with Crippen molar-refractivity contribution >= 4 is 11.9 Å². The van der Waals surface area contributed by atoms with Gasteiger partial charge in [-0.05, 0) is 27.3 Å². The highest BCUT2D eigenvalue weighted by Gasteiger charge is 2.27. The van der Waals surface area contributed by atoms with Gasteiger partial charge in [0.2, 0.25) is 5.91 Å². The summed E-state index contributed by atoms with van der Waals surface area (Å²) in [5, 5.41) is 6.76. The zero-order valence-corrected chi connectivity index (χ0v) is 15.0. The van der Waals surface area contributed by atoms with Crippen LogP contribution in [0.3, 0.4) is 0 Å². The summed E-state index contributed by atoms with van der Waals surface area (Å²) in [6, 6.07) is 0.832. The van der Waals surface area contributed by atoms with Crippen molar-refractivity contribution in [1.82, 2.24) is 20.4 Å². The van der Waals surface area contributed by atoms with Gasteiger partial charge < -0.3 is 20.4 Å². The van der Waals surface area contributed by atoms with Gasteiger partial charge in [0.15, 0.2) is 5.96 Å². The van der Waals surface area contributed by atoms with Gasteiger partial charge in [-0.25, -0.2) is 0 Å². The summed E-state index contributed by atoms with van der Waals surface area (Å²) in [5.41, 5.74) is 0. The highest BCUT2D eigenvalue weighted by atomic mass is 16.2. The van der Waals surface area contributed by atoms with Crippen molar-refractivity contribution < 1.29 is 4.79 Å².